The van der Waals surface area contributed by atoms with Gasteiger partial charge in [-0.2, -0.15) is 0 Å². The molecular weight excluding hydrogens is 333 g/mol. The van der Waals surface area contributed by atoms with E-state index in [9.17, 15) is 14.0 Å². The Morgan fingerprint density at radius 1 is 1.25 bits per heavy atom. The lowest BCUT2D eigenvalue weighted by molar-refractivity contribution is -0.117. The van der Waals surface area contributed by atoms with Crippen LogP contribution in [0.4, 0.5) is 10.1 Å². The summed E-state index contributed by atoms with van der Waals surface area (Å²) in [6, 6.07) is 4.35. The minimum absolute atomic E-state index is 0. The molecule has 0 aliphatic carbocycles. The molecule has 3 rings (SSSR count). The Hall–Kier alpha value is -1.66. The first-order chi connectivity index (χ1) is 11.1. The summed E-state index contributed by atoms with van der Waals surface area (Å²) in [5, 5.41) is 0. The standard InChI is InChI=1S/C17H22FN3O2.ClH/c18-15-4-3-13(21-7-1-2-16(21)22)10-14(15)17(23)20-8-5-12(11-19)6-9-20;/h3-4,10,12H,1-2,5-9,11,19H2;1H. The lowest BCUT2D eigenvalue weighted by Gasteiger charge is -2.31. The molecule has 0 bridgehead atoms. The van der Waals surface area contributed by atoms with Gasteiger partial charge in [0.25, 0.3) is 5.91 Å². The SMILES string of the molecule is Cl.NCC1CCN(C(=O)c2cc(N3CCCC3=O)ccc2F)CC1. The first-order valence-electron chi connectivity index (χ1n) is 8.19. The van der Waals surface area contributed by atoms with Crippen LogP contribution in [-0.4, -0.2) is 42.9 Å². The number of hydrogen-bond acceptors (Lipinski definition) is 3. The van der Waals surface area contributed by atoms with Crippen LogP contribution in [0.1, 0.15) is 36.0 Å². The van der Waals surface area contributed by atoms with E-state index in [4.69, 9.17) is 5.73 Å². The summed E-state index contributed by atoms with van der Waals surface area (Å²) >= 11 is 0. The van der Waals surface area contributed by atoms with Gasteiger partial charge in [-0.1, -0.05) is 0 Å². The summed E-state index contributed by atoms with van der Waals surface area (Å²) in [6.07, 6.45) is 3.02. The van der Waals surface area contributed by atoms with Crippen molar-refractivity contribution in [2.45, 2.75) is 25.7 Å². The Kier molecular flexibility index (Phi) is 6.18. The molecule has 1 aromatic rings. The van der Waals surface area contributed by atoms with E-state index >= 15 is 0 Å². The number of piperidine rings is 1. The molecule has 2 fully saturated rings. The molecule has 2 aliphatic heterocycles. The molecule has 2 N–H and O–H groups in total. The average Bonchev–Trinajstić information content (AvgIpc) is 3.01. The zero-order valence-corrected chi connectivity index (χ0v) is 14.4. The van der Waals surface area contributed by atoms with E-state index in [-0.39, 0.29) is 29.8 Å². The van der Waals surface area contributed by atoms with Gasteiger partial charge >= 0.3 is 0 Å². The topological polar surface area (TPSA) is 66.6 Å². The number of nitrogens with two attached hydrogens (primary N) is 1. The lowest BCUT2D eigenvalue weighted by atomic mass is 9.96. The van der Waals surface area contributed by atoms with Crippen LogP contribution >= 0.6 is 12.4 Å². The Morgan fingerprint density at radius 3 is 2.54 bits per heavy atom. The predicted molar refractivity (Wildman–Crippen MR) is 92.9 cm³/mol. The molecule has 0 aromatic heterocycles. The fraction of sp³-hybridized carbons (Fsp3) is 0.529. The zero-order valence-electron chi connectivity index (χ0n) is 13.5. The van der Waals surface area contributed by atoms with Crippen LogP contribution in [0.3, 0.4) is 0 Å². The second-order valence-corrected chi connectivity index (χ2v) is 6.28. The van der Waals surface area contributed by atoms with Gasteiger partial charge < -0.3 is 15.5 Å². The largest absolute Gasteiger partial charge is 0.339 e. The number of amides is 2. The van der Waals surface area contributed by atoms with Crippen molar-refractivity contribution < 1.29 is 14.0 Å². The number of anilines is 1. The first-order valence-corrected chi connectivity index (χ1v) is 8.19. The second kappa shape index (κ2) is 7.94. The normalized spacial score (nSPS) is 18.7. The van der Waals surface area contributed by atoms with Gasteiger partial charge in [0.1, 0.15) is 5.82 Å². The molecule has 0 spiro atoms. The molecule has 0 atom stereocenters. The van der Waals surface area contributed by atoms with Crippen LogP contribution in [0.25, 0.3) is 0 Å². The van der Waals surface area contributed by atoms with Crippen LogP contribution in [0.15, 0.2) is 18.2 Å². The maximum Gasteiger partial charge on any atom is 0.256 e. The molecule has 7 heteroatoms. The number of hydrogen-bond donors (Lipinski definition) is 1. The highest BCUT2D eigenvalue weighted by atomic mass is 35.5. The van der Waals surface area contributed by atoms with Crippen LogP contribution in [0.2, 0.25) is 0 Å². The van der Waals surface area contributed by atoms with E-state index in [0.29, 0.717) is 44.2 Å². The molecule has 2 heterocycles. The van der Waals surface area contributed by atoms with Crippen molar-refractivity contribution in [1.82, 2.24) is 4.90 Å². The van der Waals surface area contributed by atoms with E-state index < -0.39 is 5.82 Å². The third-order valence-corrected chi connectivity index (χ3v) is 4.80. The number of carbonyl (C=O) groups is 2. The van der Waals surface area contributed by atoms with E-state index in [0.717, 1.165) is 19.3 Å². The molecular formula is C17H23ClFN3O2. The van der Waals surface area contributed by atoms with E-state index in [1.54, 1.807) is 15.9 Å². The Morgan fingerprint density at radius 2 is 1.96 bits per heavy atom. The van der Waals surface area contributed by atoms with Gasteiger partial charge in [-0.05, 0) is 49.9 Å². The molecule has 5 nitrogen and oxygen atoms in total. The summed E-state index contributed by atoms with van der Waals surface area (Å²) < 4.78 is 14.1. The number of nitrogens with zero attached hydrogens (tertiary/aromatic N) is 2. The van der Waals surface area contributed by atoms with Crippen LogP contribution in [0, 0.1) is 11.7 Å². The number of benzene rings is 1. The quantitative estimate of drug-likeness (QED) is 0.903. The lowest BCUT2D eigenvalue weighted by Crippen LogP contribution is -2.40. The highest BCUT2D eigenvalue weighted by Crippen LogP contribution is 2.26. The average molecular weight is 356 g/mol. The fourth-order valence-electron chi connectivity index (χ4n) is 3.31. The van der Waals surface area contributed by atoms with Crippen molar-refractivity contribution >= 4 is 29.9 Å². The summed E-state index contributed by atoms with van der Waals surface area (Å²) in [5.41, 5.74) is 6.32. The van der Waals surface area contributed by atoms with Crippen molar-refractivity contribution in [3.8, 4) is 0 Å². The van der Waals surface area contributed by atoms with Gasteiger partial charge in [-0.3, -0.25) is 9.59 Å². The molecule has 0 radical (unpaired) electrons. The molecule has 24 heavy (non-hydrogen) atoms. The number of carbonyl (C=O) groups excluding carboxylic acids is 2. The molecule has 2 amide bonds. The summed E-state index contributed by atoms with van der Waals surface area (Å²) in [6.45, 7) is 2.46. The summed E-state index contributed by atoms with van der Waals surface area (Å²) in [5.74, 6) is -0.367. The van der Waals surface area contributed by atoms with Crippen LogP contribution < -0.4 is 10.6 Å². The maximum absolute atomic E-state index is 14.1. The third-order valence-electron chi connectivity index (χ3n) is 4.80. The molecule has 2 saturated heterocycles. The van der Waals surface area contributed by atoms with Gasteiger partial charge in [-0.25, -0.2) is 4.39 Å². The zero-order chi connectivity index (χ0) is 16.4. The van der Waals surface area contributed by atoms with Gasteiger partial charge in [-0.15, -0.1) is 12.4 Å². The second-order valence-electron chi connectivity index (χ2n) is 6.28. The smallest absolute Gasteiger partial charge is 0.256 e. The van der Waals surface area contributed by atoms with Crippen molar-refractivity contribution in [2.75, 3.05) is 31.1 Å². The van der Waals surface area contributed by atoms with Crippen molar-refractivity contribution in [3.05, 3.63) is 29.6 Å². The van der Waals surface area contributed by atoms with Gasteiger partial charge in [0.05, 0.1) is 5.56 Å². The van der Waals surface area contributed by atoms with Crippen molar-refractivity contribution in [2.24, 2.45) is 11.7 Å². The summed E-state index contributed by atoms with van der Waals surface area (Å²) in [4.78, 5) is 27.8. The van der Waals surface area contributed by atoms with E-state index in [1.165, 1.54) is 12.1 Å². The third kappa shape index (κ3) is 3.70. The van der Waals surface area contributed by atoms with Gasteiger partial charge in [0, 0.05) is 31.7 Å². The number of likely N-dealkylation sites (tertiary alicyclic amines) is 1. The van der Waals surface area contributed by atoms with Gasteiger partial charge in [0.2, 0.25) is 5.91 Å². The monoisotopic (exact) mass is 355 g/mol. The number of halogens is 2. The van der Waals surface area contributed by atoms with E-state index in [1.807, 2.05) is 0 Å². The molecule has 0 unspecified atom stereocenters. The molecule has 1 aromatic carbocycles. The van der Waals surface area contributed by atoms with Crippen LogP contribution in [0.5, 0.6) is 0 Å². The highest BCUT2D eigenvalue weighted by molar-refractivity contribution is 5.99. The van der Waals surface area contributed by atoms with Gasteiger partial charge in [0.15, 0.2) is 0 Å². The Balaban J connectivity index is 0.00000208. The maximum atomic E-state index is 14.1. The van der Waals surface area contributed by atoms with E-state index in [2.05, 4.69) is 0 Å². The summed E-state index contributed by atoms with van der Waals surface area (Å²) in [7, 11) is 0. The molecule has 0 saturated carbocycles. The fourth-order valence-corrected chi connectivity index (χ4v) is 3.31. The minimum Gasteiger partial charge on any atom is -0.339 e. The molecule has 132 valence electrons. The number of rotatable bonds is 3. The van der Waals surface area contributed by atoms with Crippen molar-refractivity contribution in [3.63, 3.8) is 0 Å². The predicted octanol–water partition coefficient (Wildman–Crippen LogP) is 2.19. The minimum atomic E-state index is -0.536. The Bertz CT molecular complexity index is 618. The molecule has 2 aliphatic rings. The van der Waals surface area contributed by atoms with Crippen molar-refractivity contribution in [1.29, 1.82) is 0 Å². The first kappa shape index (κ1) is 18.7. The Labute approximate surface area is 147 Å². The van der Waals surface area contributed by atoms with Crippen LogP contribution in [-0.2, 0) is 4.79 Å². The highest BCUT2D eigenvalue weighted by Gasteiger charge is 2.27.